The van der Waals surface area contributed by atoms with E-state index in [4.69, 9.17) is 9.47 Å². The Kier molecular flexibility index (Phi) is 6.99. The lowest BCUT2D eigenvalue weighted by Gasteiger charge is -2.38. The normalized spacial score (nSPS) is 15.9. The molecule has 1 fully saturated rings. The number of rotatable bonds is 8. The average molecular weight is 433 g/mol. The molecule has 162 valence electrons. The molecule has 8 heteroatoms. The lowest BCUT2D eigenvalue weighted by Crippen LogP contribution is -2.47. The number of sulfonamides is 1. The summed E-state index contributed by atoms with van der Waals surface area (Å²) in [6, 6.07) is 16.8. The molecule has 3 rings (SSSR count). The topological polar surface area (TPSA) is 84.9 Å². The molecule has 0 aromatic heterocycles. The number of anilines is 1. The number of amides is 1. The van der Waals surface area contributed by atoms with Crippen molar-refractivity contribution in [3.8, 4) is 5.75 Å². The summed E-state index contributed by atoms with van der Waals surface area (Å²) < 4.78 is 36.7. The molecule has 0 saturated carbocycles. The van der Waals surface area contributed by atoms with E-state index in [1.807, 2.05) is 18.2 Å². The summed E-state index contributed by atoms with van der Waals surface area (Å²) in [6.45, 7) is 1.35. The Balaban J connectivity index is 1.77. The summed E-state index contributed by atoms with van der Waals surface area (Å²) in [7, 11) is -2.22. The maximum atomic E-state index is 12.8. The van der Waals surface area contributed by atoms with Gasteiger partial charge in [-0.2, -0.15) is 0 Å². The number of ether oxygens (including phenoxy) is 2. The van der Waals surface area contributed by atoms with Gasteiger partial charge in [-0.25, -0.2) is 8.42 Å². The van der Waals surface area contributed by atoms with Gasteiger partial charge in [0, 0.05) is 25.2 Å². The van der Waals surface area contributed by atoms with Gasteiger partial charge in [0.1, 0.15) is 12.3 Å². The molecule has 1 amide bonds. The van der Waals surface area contributed by atoms with E-state index in [0.717, 1.165) is 29.0 Å². The van der Waals surface area contributed by atoms with Crippen LogP contribution >= 0.6 is 0 Å². The Hall–Kier alpha value is -2.58. The summed E-state index contributed by atoms with van der Waals surface area (Å²) in [6.07, 6.45) is 2.66. The van der Waals surface area contributed by atoms with Crippen LogP contribution < -0.4 is 14.4 Å². The lowest BCUT2D eigenvalue weighted by atomic mass is 9.74. The number of hydrogen-bond acceptors (Lipinski definition) is 5. The van der Waals surface area contributed by atoms with Gasteiger partial charge in [-0.1, -0.05) is 42.5 Å². The Morgan fingerprint density at radius 1 is 1.10 bits per heavy atom. The van der Waals surface area contributed by atoms with Crippen LogP contribution in [0.15, 0.2) is 54.6 Å². The van der Waals surface area contributed by atoms with Crippen molar-refractivity contribution in [2.45, 2.75) is 18.3 Å². The van der Waals surface area contributed by atoms with Crippen molar-refractivity contribution in [1.82, 2.24) is 5.32 Å². The maximum absolute atomic E-state index is 12.8. The van der Waals surface area contributed by atoms with Gasteiger partial charge < -0.3 is 14.8 Å². The number of para-hydroxylation sites is 2. The Morgan fingerprint density at radius 3 is 2.37 bits per heavy atom. The average Bonchev–Trinajstić information content (AvgIpc) is 2.76. The molecule has 1 heterocycles. The highest BCUT2D eigenvalue weighted by Crippen LogP contribution is 2.34. The van der Waals surface area contributed by atoms with E-state index in [0.29, 0.717) is 31.2 Å². The standard InChI is InChI=1S/C22H28N2O5S/c1-28-20-11-7-6-10-19(20)24(30(2,26)27)16-21(25)23-17-22(12-14-29-15-13-22)18-8-4-3-5-9-18/h3-11H,12-17H2,1-2H3,(H,23,25). The number of nitrogens with one attached hydrogen (secondary N) is 1. The second-order valence-corrected chi connectivity index (χ2v) is 9.38. The van der Waals surface area contributed by atoms with Gasteiger partial charge in [0.05, 0.1) is 19.1 Å². The third kappa shape index (κ3) is 5.12. The third-order valence-corrected chi connectivity index (χ3v) is 6.63. The second-order valence-electron chi connectivity index (χ2n) is 7.48. The number of carbonyl (C=O) groups excluding carboxylic acids is 1. The molecular formula is C22H28N2O5S. The van der Waals surface area contributed by atoms with Crippen LogP contribution in [0.3, 0.4) is 0 Å². The molecular weight excluding hydrogens is 404 g/mol. The first kappa shape index (κ1) is 22.1. The van der Waals surface area contributed by atoms with Crippen LogP contribution in [0.1, 0.15) is 18.4 Å². The van der Waals surface area contributed by atoms with Gasteiger partial charge in [0.2, 0.25) is 15.9 Å². The van der Waals surface area contributed by atoms with E-state index in [1.165, 1.54) is 7.11 Å². The molecule has 1 N–H and O–H groups in total. The summed E-state index contributed by atoms with van der Waals surface area (Å²) in [5.41, 5.74) is 1.26. The Bertz CT molecular complexity index is 957. The molecule has 0 unspecified atom stereocenters. The van der Waals surface area contributed by atoms with E-state index in [-0.39, 0.29) is 17.9 Å². The number of methoxy groups -OCH3 is 1. The van der Waals surface area contributed by atoms with Crippen molar-refractivity contribution in [3.05, 3.63) is 60.2 Å². The molecule has 1 aliphatic rings. The maximum Gasteiger partial charge on any atom is 0.240 e. The molecule has 2 aromatic carbocycles. The summed E-state index contributed by atoms with van der Waals surface area (Å²) >= 11 is 0. The van der Waals surface area contributed by atoms with E-state index in [1.54, 1.807) is 24.3 Å². The molecule has 0 spiro atoms. The van der Waals surface area contributed by atoms with Crippen LogP contribution in [0.4, 0.5) is 5.69 Å². The van der Waals surface area contributed by atoms with E-state index < -0.39 is 10.0 Å². The molecule has 2 aromatic rings. The first-order valence-corrected chi connectivity index (χ1v) is 11.7. The molecule has 7 nitrogen and oxygen atoms in total. The van der Waals surface area contributed by atoms with Crippen LogP contribution in [0, 0.1) is 0 Å². The van der Waals surface area contributed by atoms with Gasteiger partial charge in [-0.3, -0.25) is 9.10 Å². The first-order valence-electron chi connectivity index (χ1n) is 9.86. The van der Waals surface area contributed by atoms with E-state index in [2.05, 4.69) is 17.4 Å². The number of benzene rings is 2. The van der Waals surface area contributed by atoms with Crippen LogP contribution in [-0.2, 0) is 25.0 Å². The number of carbonyl (C=O) groups is 1. The third-order valence-electron chi connectivity index (χ3n) is 5.50. The summed E-state index contributed by atoms with van der Waals surface area (Å²) in [4.78, 5) is 12.8. The predicted molar refractivity (Wildman–Crippen MR) is 116 cm³/mol. The minimum absolute atomic E-state index is 0.227. The molecule has 0 aliphatic carbocycles. The smallest absolute Gasteiger partial charge is 0.240 e. The molecule has 1 saturated heterocycles. The lowest BCUT2D eigenvalue weighted by molar-refractivity contribution is -0.120. The zero-order chi connectivity index (χ0) is 21.6. The molecule has 0 atom stereocenters. The first-order chi connectivity index (χ1) is 14.4. The van der Waals surface area contributed by atoms with Crippen molar-refractivity contribution >= 4 is 21.6 Å². The van der Waals surface area contributed by atoms with Crippen LogP contribution in [-0.4, -0.2) is 54.0 Å². The zero-order valence-corrected chi connectivity index (χ0v) is 18.2. The Morgan fingerprint density at radius 2 is 1.73 bits per heavy atom. The van der Waals surface area contributed by atoms with Crippen molar-refractivity contribution in [2.75, 3.05) is 44.0 Å². The largest absolute Gasteiger partial charge is 0.495 e. The van der Waals surface area contributed by atoms with Gasteiger partial charge >= 0.3 is 0 Å². The SMILES string of the molecule is COc1ccccc1N(CC(=O)NCC1(c2ccccc2)CCOCC1)S(C)(=O)=O. The zero-order valence-electron chi connectivity index (χ0n) is 17.3. The fourth-order valence-corrected chi connectivity index (χ4v) is 4.65. The fraction of sp³-hybridized carbons (Fsp3) is 0.409. The van der Waals surface area contributed by atoms with Gasteiger partial charge in [-0.05, 0) is 30.5 Å². The van der Waals surface area contributed by atoms with Gasteiger partial charge in [-0.15, -0.1) is 0 Å². The quantitative estimate of drug-likeness (QED) is 0.692. The fourth-order valence-electron chi connectivity index (χ4n) is 3.79. The van der Waals surface area contributed by atoms with Crippen molar-refractivity contribution in [2.24, 2.45) is 0 Å². The second kappa shape index (κ2) is 9.49. The van der Waals surface area contributed by atoms with Crippen LogP contribution in [0.5, 0.6) is 5.75 Å². The van der Waals surface area contributed by atoms with Crippen molar-refractivity contribution in [1.29, 1.82) is 0 Å². The number of hydrogen-bond donors (Lipinski definition) is 1. The molecule has 0 bridgehead atoms. The van der Waals surface area contributed by atoms with E-state index >= 15 is 0 Å². The Labute approximate surface area is 178 Å². The van der Waals surface area contributed by atoms with Crippen molar-refractivity contribution in [3.63, 3.8) is 0 Å². The molecule has 30 heavy (non-hydrogen) atoms. The monoisotopic (exact) mass is 432 g/mol. The summed E-state index contributed by atoms with van der Waals surface area (Å²) in [5.74, 6) is 0.0223. The van der Waals surface area contributed by atoms with Crippen LogP contribution in [0.25, 0.3) is 0 Å². The summed E-state index contributed by atoms with van der Waals surface area (Å²) in [5, 5.41) is 2.96. The molecule has 0 radical (unpaired) electrons. The minimum Gasteiger partial charge on any atom is -0.495 e. The predicted octanol–water partition coefficient (Wildman–Crippen LogP) is 2.33. The highest BCUT2D eigenvalue weighted by molar-refractivity contribution is 7.92. The van der Waals surface area contributed by atoms with E-state index in [9.17, 15) is 13.2 Å². The molecule has 1 aliphatic heterocycles. The van der Waals surface area contributed by atoms with Crippen LogP contribution in [0.2, 0.25) is 0 Å². The van der Waals surface area contributed by atoms with Gasteiger partial charge in [0.25, 0.3) is 0 Å². The minimum atomic E-state index is -3.68. The highest BCUT2D eigenvalue weighted by atomic mass is 32.2. The number of nitrogens with zero attached hydrogens (tertiary/aromatic N) is 1. The highest BCUT2D eigenvalue weighted by Gasteiger charge is 2.35. The van der Waals surface area contributed by atoms with Gasteiger partial charge in [0.15, 0.2) is 0 Å². The van der Waals surface area contributed by atoms with Crippen molar-refractivity contribution < 1.29 is 22.7 Å².